The van der Waals surface area contributed by atoms with Gasteiger partial charge < -0.3 is 14.8 Å². The molecule has 2 aromatic rings. The molecule has 0 aliphatic heterocycles. The maximum absolute atomic E-state index is 12.6. The minimum absolute atomic E-state index is 0.193. The first-order valence-electron chi connectivity index (χ1n) is 8.08. The second-order valence-corrected chi connectivity index (χ2v) is 10.1. The number of aryl methyl sites for hydroxylation is 1. The minimum Gasteiger partial charge on any atom is -0.460 e. The first-order chi connectivity index (χ1) is 12.5. The smallest absolute Gasteiger partial charge is 0.341 e. The van der Waals surface area contributed by atoms with Gasteiger partial charge in [-0.3, -0.25) is 4.79 Å². The Kier molecular flexibility index (Phi) is 6.90. The Balaban J connectivity index is 1.86. The molecule has 0 fully saturated rings. The summed E-state index contributed by atoms with van der Waals surface area (Å²) in [7, 11) is 1.56. The van der Waals surface area contributed by atoms with Gasteiger partial charge in [-0.2, -0.15) is 0 Å². The lowest BCUT2D eigenvalue weighted by Gasteiger charge is -2.12. The number of carbonyl (C=O) groups excluding carboxylic acids is 2. The zero-order chi connectivity index (χ0) is 18.7. The molecule has 0 spiro atoms. The Morgan fingerprint density at radius 1 is 1.19 bits per heavy atom. The topological polar surface area (TPSA) is 64.6 Å². The Morgan fingerprint density at radius 3 is 2.65 bits per heavy atom. The molecule has 140 valence electrons. The fourth-order valence-corrected chi connectivity index (χ4v) is 5.99. The lowest BCUT2D eigenvalue weighted by molar-refractivity contribution is 0.0388. The van der Waals surface area contributed by atoms with Crippen molar-refractivity contribution in [2.75, 3.05) is 25.6 Å². The van der Waals surface area contributed by atoms with Crippen molar-refractivity contribution in [1.82, 2.24) is 0 Å². The molecule has 0 saturated heterocycles. The van der Waals surface area contributed by atoms with E-state index in [1.165, 1.54) is 27.6 Å². The number of rotatable bonds is 6. The number of esters is 1. The molecule has 0 saturated carbocycles. The fourth-order valence-electron chi connectivity index (χ4n) is 2.78. The number of ether oxygens (including phenoxy) is 2. The molecule has 1 aliphatic rings. The van der Waals surface area contributed by atoms with E-state index in [0.717, 1.165) is 39.5 Å². The summed E-state index contributed by atoms with van der Waals surface area (Å²) in [6.45, 7) is 0.537. The maximum atomic E-state index is 12.6. The summed E-state index contributed by atoms with van der Waals surface area (Å²) in [4.78, 5) is 27.0. The molecule has 2 heterocycles. The van der Waals surface area contributed by atoms with Crippen molar-refractivity contribution >= 4 is 71.4 Å². The van der Waals surface area contributed by atoms with Crippen LogP contribution in [0.5, 0.6) is 0 Å². The van der Waals surface area contributed by atoms with E-state index in [2.05, 4.69) is 37.2 Å². The molecule has 0 aromatic carbocycles. The summed E-state index contributed by atoms with van der Waals surface area (Å²) >= 11 is 9.60. The number of hydrogen-bond donors (Lipinski definition) is 1. The zero-order valence-corrected chi connectivity index (χ0v) is 18.8. The Hall–Kier alpha value is -0.740. The van der Waals surface area contributed by atoms with Crippen molar-refractivity contribution in [1.29, 1.82) is 0 Å². The van der Waals surface area contributed by atoms with Gasteiger partial charge in [0.25, 0.3) is 5.91 Å². The number of fused-ring (bicyclic) bond motifs is 1. The van der Waals surface area contributed by atoms with Gasteiger partial charge in [0.2, 0.25) is 0 Å². The van der Waals surface area contributed by atoms with Gasteiger partial charge in [-0.25, -0.2) is 4.79 Å². The number of methoxy groups -OCH3 is 1. The van der Waals surface area contributed by atoms with Crippen molar-refractivity contribution in [2.24, 2.45) is 0 Å². The number of hydrogen-bond acceptors (Lipinski definition) is 6. The van der Waals surface area contributed by atoms with E-state index in [9.17, 15) is 9.59 Å². The molecule has 1 N–H and O–H groups in total. The molecule has 3 rings (SSSR count). The van der Waals surface area contributed by atoms with E-state index < -0.39 is 5.97 Å². The number of nitrogens with one attached hydrogen (secondary N) is 1. The van der Waals surface area contributed by atoms with Crippen LogP contribution in [0.2, 0.25) is 0 Å². The number of halogens is 2. The molecule has 1 amide bonds. The minimum atomic E-state index is -0.398. The molecule has 2 aromatic heterocycles. The monoisotopic (exact) mass is 521 g/mol. The molecule has 0 radical (unpaired) electrons. The summed E-state index contributed by atoms with van der Waals surface area (Å²) in [5, 5.41) is 3.49. The zero-order valence-electron chi connectivity index (χ0n) is 14.0. The van der Waals surface area contributed by atoms with Gasteiger partial charge in [0, 0.05) is 16.5 Å². The van der Waals surface area contributed by atoms with Gasteiger partial charge in [-0.1, -0.05) is 0 Å². The van der Waals surface area contributed by atoms with E-state index in [1.54, 1.807) is 13.2 Å². The first-order valence-corrected chi connectivity index (χ1v) is 11.3. The maximum Gasteiger partial charge on any atom is 0.341 e. The van der Waals surface area contributed by atoms with E-state index in [4.69, 9.17) is 9.47 Å². The molecular weight excluding hydrogens is 506 g/mol. The Bertz CT molecular complexity index is 812. The van der Waals surface area contributed by atoms with Gasteiger partial charge in [-0.15, -0.1) is 22.7 Å². The Morgan fingerprint density at radius 2 is 1.96 bits per heavy atom. The molecule has 0 bridgehead atoms. The van der Waals surface area contributed by atoms with Crippen molar-refractivity contribution in [3.05, 3.63) is 35.2 Å². The fraction of sp³-hybridized carbons (Fsp3) is 0.412. The van der Waals surface area contributed by atoms with Crippen molar-refractivity contribution in [3.8, 4) is 0 Å². The second kappa shape index (κ2) is 8.97. The van der Waals surface area contributed by atoms with Gasteiger partial charge in [0.1, 0.15) is 11.6 Å². The third kappa shape index (κ3) is 4.39. The number of carbonyl (C=O) groups is 2. The van der Waals surface area contributed by atoms with Gasteiger partial charge in [0.15, 0.2) is 0 Å². The van der Waals surface area contributed by atoms with E-state index in [-0.39, 0.29) is 12.5 Å². The molecular formula is C17H17Br2NO4S2. The molecule has 9 heteroatoms. The largest absolute Gasteiger partial charge is 0.460 e. The highest BCUT2D eigenvalue weighted by Crippen LogP contribution is 2.39. The summed E-state index contributed by atoms with van der Waals surface area (Å²) in [5.74, 6) is -0.628. The van der Waals surface area contributed by atoms with E-state index >= 15 is 0 Å². The quantitative estimate of drug-likeness (QED) is 0.414. The molecule has 0 unspecified atom stereocenters. The van der Waals surface area contributed by atoms with Crippen LogP contribution in [0, 0.1) is 0 Å². The second-order valence-electron chi connectivity index (χ2n) is 5.73. The summed E-state index contributed by atoms with van der Waals surface area (Å²) in [6, 6.07) is 1.76. The van der Waals surface area contributed by atoms with Crippen LogP contribution < -0.4 is 5.32 Å². The lowest BCUT2D eigenvalue weighted by atomic mass is 9.95. The van der Waals surface area contributed by atoms with Crippen molar-refractivity contribution in [2.45, 2.75) is 25.7 Å². The van der Waals surface area contributed by atoms with Crippen LogP contribution in [0.4, 0.5) is 5.00 Å². The van der Waals surface area contributed by atoms with Crippen LogP contribution in [0.3, 0.4) is 0 Å². The third-order valence-corrected chi connectivity index (χ3v) is 8.45. The predicted molar refractivity (Wildman–Crippen MR) is 111 cm³/mol. The number of amides is 1. The van der Waals surface area contributed by atoms with Crippen LogP contribution in [-0.2, 0) is 22.3 Å². The normalized spacial score (nSPS) is 13.3. The molecule has 5 nitrogen and oxygen atoms in total. The third-order valence-electron chi connectivity index (χ3n) is 3.99. The lowest BCUT2D eigenvalue weighted by Crippen LogP contribution is -2.16. The van der Waals surface area contributed by atoms with E-state index in [0.29, 0.717) is 22.0 Å². The van der Waals surface area contributed by atoms with Crippen LogP contribution in [0.15, 0.2) is 14.3 Å². The number of thiophene rings is 2. The van der Waals surface area contributed by atoms with Crippen LogP contribution in [0.25, 0.3) is 0 Å². The van der Waals surface area contributed by atoms with E-state index in [1.807, 2.05) is 0 Å². The van der Waals surface area contributed by atoms with Crippen molar-refractivity contribution < 1.29 is 19.1 Å². The highest BCUT2D eigenvalue weighted by atomic mass is 79.9. The van der Waals surface area contributed by atoms with Crippen molar-refractivity contribution in [3.63, 3.8) is 0 Å². The average molecular weight is 523 g/mol. The predicted octanol–water partition coefficient (Wildman–Crippen LogP) is 5.27. The van der Waals surface area contributed by atoms with Crippen LogP contribution in [-0.4, -0.2) is 32.2 Å². The standard InChI is InChI=1S/C17H17Br2NO4S2/c1-23-6-7-24-17(22)13-9-4-2-3-5-11(9)26-16(13)20-15(21)12-8-10(18)14(19)25-12/h8H,2-7H2,1H3,(H,20,21). The summed E-state index contributed by atoms with van der Waals surface area (Å²) in [6.07, 6.45) is 3.92. The average Bonchev–Trinajstić information content (AvgIpc) is 3.15. The highest BCUT2D eigenvalue weighted by molar-refractivity contribution is 9.13. The first kappa shape index (κ1) is 20.0. The highest BCUT2D eigenvalue weighted by Gasteiger charge is 2.28. The molecule has 26 heavy (non-hydrogen) atoms. The SMILES string of the molecule is COCCOC(=O)c1c(NC(=O)c2cc(Br)c(Br)s2)sc2c1CCCC2. The summed E-state index contributed by atoms with van der Waals surface area (Å²) < 4.78 is 11.9. The molecule has 1 aliphatic carbocycles. The van der Waals surface area contributed by atoms with Crippen LogP contribution in [0.1, 0.15) is 43.3 Å². The van der Waals surface area contributed by atoms with Gasteiger partial charge in [0.05, 0.1) is 20.8 Å². The van der Waals surface area contributed by atoms with Crippen LogP contribution >= 0.6 is 54.5 Å². The molecule has 0 atom stereocenters. The van der Waals surface area contributed by atoms with Gasteiger partial charge >= 0.3 is 5.97 Å². The number of anilines is 1. The van der Waals surface area contributed by atoms with Gasteiger partial charge in [-0.05, 0) is 69.2 Å². The summed E-state index contributed by atoms with van der Waals surface area (Å²) in [5.41, 5.74) is 1.52. The Labute approximate surface area is 176 Å².